The predicted octanol–water partition coefficient (Wildman–Crippen LogP) is 3.49. The minimum Gasteiger partial charge on any atom is -0.299 e. The molecule has 0 aliphatic carbocycles. The SMILES string of the molecule is Cn1ncc2cc(CN3CCC(c4cccc(F)c4)CC3)cnc21. The summed E-state index contributed by atoms with van der Waals surface area (Å²) >= 11 is 0. The Labute approximate surface area is 140 Å². The van der Waals surface area contributed by atoms with Crippen molar-refractivity contribution in [2.45, 2.75) is 25.3 Å². The van der Waals surface area contributed by atoms with Crippen LogP contribution in [0.3, 0.4) is 0 Å². The van der Waals surface area contributed by atoms with E-state index >= 15 is 0 Å². The highest BCUT2D eigenvalue weighted by atomic mass is 19.1. The molecule has 4 rings (SSSR count). The number of hydrogen-bond acceptors (Lipinski definition) is 3. The maximum absolute atomic E-state index is 13.4. The number of aromatic nitrogens is 3. The predicted molar refractivity (Wildman–Crippen MR) is 92.2 cm³/mol. The number of piperidine rings is 1. The first-order valence-electron chi connectivity index (χ1n) is 8.43. The van der Waals surface area contributed by atoms with Crippen LogP contribution in [0.1, 0.15) is 29.9 Å². The number of nitrogens with zero attached hydrogens (tertiary/aromatic N) is 4. The molecule has 0 radical (unpaired) electrons. The molecule has 0 saturated carbocycles. The van der Waals surface area contributed by atoms with Crippen LogP contribution in [0.2, 0.25) is 0 Å². The van der Waals surface area contributed by atoms with Crippen molar-refractivity contribution < 1.29 is 4.39 Å². The molecule has 0 atom stereocenters. The fourth-order valence-corrected chi connectivity index (χ4v) is 3.62. The van der Waals surface area contributed by atoms with Crippen molar-refractivity contribution in [2.24, 2.45) is 7.05 Å². The third kappa shape index (κ3) is 3.04. The molecule has 0 bridgehead atoms. The first-order valence-corrected chi connectivity index (χ1v) is 8.43. The molecule has 24 heavy (non-hydrogen) atoms. The van der Waals surface area contributed by atoms with Gasteiger partial charge in [-0.05, 0) is 61.2 Å². The van der Waals surface area contributed by atoms with Crippen molar-refractivity contribution in [3.8, 4) is 0 Å². The van der Waals surface area contributed by atoms with Crippen LogP contribution in [0.15, 0.2) is 42.7 Å². The molecule has 1 aromatic carbocycles. The Morgan fingerprint density at radius 3 is 2.79 bits per heavy atom. The second-order valence-electron chi connectivity index (χ2n) is 6.63. The molecule has 3 heterocycles. The van der Waals surface area contributed by atoms with E-state index in [9.17, 15) is 4.39 Å². The van der Waals surface area contributed by atoms with E-state index in [0.29, 0.717) is 5.92 Å². The summed E-state index contributed by atoms with van der Waals surface area (Å²) in [5.74, 6) is 0.335. The van der Waals surface area contributed by atoms with Gasteiger partial charge in [0.15, 0.2) is 5.65 Å². The minimum atomic E-state index is -0.134. The Bertz CT molecular complexity index is 849. The lowest BCUT2D eigenvalue weighted by molar-refractivity contribution is 0.204. The van der Waals surface area contributed by atoms with Crippen LogP contribution in [0.25, 0.3) is 11.0 Å². The third-order valence-electron chi connectivity index (χ3n) is 4.94. The number of halogens is 1. The molecule has 0 N–H and O–H groups in total. The van der Waals surface area contributed by atoms with Crippen molar-refractivity contribution in [3.05, 3.63) is 59.7 Å². The lowest BCUT2D eigenvalue weighted by atomic mass is 9.89. The topological polar surface area (TPSA) is 34.0 Å². The highest BCUT2D eigenvalue weighted by molar-refractivity contribution is 5.74. The van der Waals surface area contributed by atoms with Gasteiger partial charge in [-0.1, -0.05) is 12.1 Å². The molecule has 1 fully saturated rings. The highest BCUT2D eigenvalue weighted by Gasteiger charge is 2.21. The Hall–Kier alpha value is -2.27. The van der Waals surface area contributed by atoms with E-state index < -0.39 is 0 Å². The van der Waals surface area contributed by atoms with Gasteiger partial charge in [0, 0.05) is 25.2 Å². The number of pyridine rings is 1. The molecular formula is C19H21FN4. The minimum absolute atomic E-state index is 0.134. The molecule has 1 aliphatic heterocycles. The summed E-state index contributed by atoms with van der Waals surface area (Å²) in [5, 5.41) is 5.33. The smallest absolute Gasteiger partial charge is 0.157 e. The number of benzene rings is 1. The van der Waals surface area contributed by atoms with Gasteiger partial charge in [-0.25, -0.2) is 9.37 Å². The molecule has 0 amide bonds. The Morgan fingerprint density at radius 1 is 1.17 bits per heavy atom. The van der Waals surface area contributed by atoms with Gasteiger partial charge in [0.1, 0.15) is 5.82 Å². The number of fused-ring (bicyclic) bond motifs is 1. The van der Waals surface area contributed by atoms with Crippen LogP contribution in [-0.4, -0.2) is 32.8 Å². The fourth-order valence-electron chi connectivity index (χ4n) is 3.62. The first-order chi connectivity index (χ1) is 11.7. The second-order valence-corrected chi connectivity index (χ2v) is 6.63. The van der Waals surface area contributed by atoms with Crippen LogP contribution in [0.4, 0.5) is 4.39 Å². The van der Waals surface area contributed by atoms with Crippen molar-refractivity contribution >= 4 is 11.0 Å². The molecular weight excluding hydrogens is 303 g/mol. The highest BCUT2D eigenvalue weighted by Crippen LogP contribution is 2.29. The van der Waals surface area contributed by atoms with Gasteiger partial charge < -0.3 is 0 Å². The second kappa shape index (κ2) is 6.32. The Morgan fingerprint density at radius 2 is 2.00 bits per heavy atom. The van der Waals surface area contributed by atoms with Gasteiger partial charge in [-0.15, -0.1) is 0 Å². The van der Waals surface area contributed by atoms with Crippen LogP contribution in [0, 0.1) is 5.82 Å². The van der Waals surface area contributed by atoms with Crippen LogP contribution in [0.5, 0.6) is 0 Å². The lowest BCUT2D eigenvalue weighted by Crippen LogP contribution is -2.32. The number of hydrogen-bond donors (Lipinski definition) is 0. The van der Waals surface area contributed by atoms with Gasteiger partial charge in [0.2, 0.25) is 0 Å². The van der Waals surface area contributed by atoms with E-state index in [2.05, 4.69) is 21.0 Å². The molecule has 0 unspecified atom stereocenters. The summed E-state index contributed by atoms with van der Waals surface area (Å²) in [6.07, 6.45) is 5.96. The molecule has 4 nitrogen and oxygen atoms in total. The quantitative estimate of drug-likeness (QED) is 0.739. The maximum atomic E-state index is 13.4. The molecule has 0 spiro atoms. The van der Waals surface area contributed by atoms with Gasteiger partial charge in [-0.3, -0.25) is 9.58 Å². The average molecular weight is 324 g/mol. The summed E-state index contributed by atoms with van der Waals surface area (Å²) < 4.78 is 15.2. The summed E-state index contributed by atoms with van der Waals surface area (Å²) in [7, 11) is 1.91. The molecule has 3 aromatic rings. The van der Waals surface area contributed by atoms with Crippen LogP contribution < -0.4 is 0 Å². The zero-order valence-electron chi connectivity index (χ0n) is 13.8. The monoisotopic (exact) mass is 324 g/mol. The van der Waals surface area contributed by atoms with Gasteiger partial charge in [0.25, 0.3) is 0 Å². The maximum Gasteiger partial charge on any atom is 0.157 e. The standard InChI is InChI=1S/C19H21FN4/c1-23-19-17(12-22-23)9-14(11-21-19)13-24-7-5-15(6-8-24)16-3-2-4-18(20)10-16/h2-4,9-12,15H,5-8,13H2,1H3. The van der Waals surface area contributed by atoms with E-state index in [0.717, 1.165) is 49.1 Å². The molecule has 1 saturated heterocycles. The molecule has 1 aliphatic rings. The van der Waals surface area contributed by atoms with Crippen molar-refractivity contribution in [3.63, 3.8) is 0 Å². The summed E-state index contributed by atoms with van der Waals surface area (Å²) in [6.45, 7) is 2.98. The van der Waals surface area contributed by atoms with Crippen molar-refractivity contribution in [2.75, 3.05) is 13.1 Å². The fraction of sp³-hybridized carbons (Fsp3) is 0.368. The number of aryl methyl sites for hydroxylation is 1. The van der Waals surface area contributed by atoms with Gasteiger partial charge >= 0.3 is 0 Å². The summed E-state index contributed by atoms with van der Waals surface area (Å²) in [6, 6.07) is 9.23. The molecule has 124 valence electrons. The zero-order chi connectivity index (χ0) is 16.5. The summed E-state index contributed by atoms with van der Waals surface area (Å²) in [4.78, 5) is 6.96. The first kappa shape index (κ1) is 15.3. The lowest BCUT2D eigenvalue weighted by Gasteiger charge is -2.32. The third-order valence-corrected chi connectivity index (χ3v) is 4.94. The van der Waals surface area contributed by atoms with E-state index in [-0.39, 0.29) is 5.82 Å². The normalized spacial score (nSPS) is 16.8. The van der Waals surface area contributed by atoms with Crippen molar-refractivity contribution in [1.82, 2.24) is 19.7 Å². The summed E-state index contributed by atoms with van der Waals surface area (Å²) in [5.41, 5.74) is 3.27. The molecule has 2 aromatic heterocycles. The van der Waals surface area contributed by atoms with Crippen LogP contribution >= 0.6 is 0 Å². The van der Waals surface area contributed by atoms with Crippen molar-refractivity contribution in [1.29, 1.82) is 0 Å². The zero-order valence-corrected chi connectivity index (χ0v) is 13.8. The van der Waals surface area contributed by atoms with E-state index in [1.807, 2.05) is 31.6 Å². The van der Waals surface area contributed by atoms with E-state index in [1.54, 1.807) is 10.7 Å². The van der Waals surface area contributed by atoms with Gasteiger partial charge in [-0.2, -0.15) is 5.10 Å². The Balaban J connectivity index is 1.40. The van der Waals surface area contributed by atoms with Gasteiger partial charge in [0.05, 0.1) is 6.20 Å². The van der Waals surface area contributed by atoms with E-state index in [1.165, 1.54) is 11.6 Å². The molecule has 5 heteroatoms. The Kier molecular flexibility index (Phi) is 4.02. The largest absolute Gasteiger partial charge is 0.299 e. The number of rotatable bonds is 3. The number of likely N-dealkylation sites (tertiary alicyclic amines) is 1. The van der Waals surface area contributed by atoms with Crippen LogP contribution in [-0.2, 0) is 13.6 Å². The van der Waals surface area contributed by atoms with E-state index in [4.69, 9.17) is 0 Å². The average Bonchev–Trinajstić information content (AvgIpc) is 2.96.